The van der Waals surface area contributed by atoms with Crippen LogP contribution in [0.4, 0.5) is 5.69 Å². The monoisotopic (exact) mass is 328 g/mol. The Morgan fingerprint density at radius 1 is 1.41 bits per heavy atom. The third kappa shape index (κ3) is 4.70. The van der Waals surface area contributed by atoms with Gasteiger partial charge in [0, 0.05) is 16.7 Å². The Balaban J connectivity index is 2.89. The van der Waals surface area contributed by atoms with E-state index in [1.54, 1.807) is 13.8 Å². The first kappa shape index (κ1) is 17.9. The van der Waals surface area contributed by atoms with Crippen LogP contribution in [0.5, 0.6) is 0 Å². The second kappa shape index (κ2) is 7.74. The second-order valence-electron chi connectivity index (χ2n) is 5.02. The fraction of sp³-hybridized carbons (Fsp3) is 0.429. The van der Waals surface area contributed by atoms with Crippen molar-refractivity contribution in [2.24, 2.45) is 5.92 Å². The zero-order chi connectivity index (χ0) is 16.9. The van der Waals surface area contributed by atoms with E-state index in [1.165, 1.54) is 25.3 Å². The highest BCUT2D eigenvalue weighted by Crippen LogP contribution is 2.23. The lowest BCUT2D eigenvalue weighted by atomic mass is 10.0. The molecule has 0 spiro atoms. The van der Waals surface area contributed by atoms with Crippen molar-refractivity contribution >= 4 is 29.2 Å². The van der Waals surface area contributed by atoms with Crippen LogP contribution >= 0.6 is 11.6 Å². The number of methoxy groups -OCH3 is 1. The zero-order valence-electron chi connectivity index (χ0n) is 12.5. The first-order chi connectivity index (χ1) is 10.3. The predicted octanol–water partition coefficient (Wildman–Crippen LogP) is 2.10. The van der Waals surface area contributed by atoms with Crippen LogP contribution in [0.1, 0.15) is 19.4 Å². The van der Waals surface area contributed by atoms with Gasteiger partial charge >= 0.3 is 5.97 Å². The summed E-state index contributed by atoms with van der Waals surface area (Å²) in [5.74, 6) is -1.24. The molecule has 0 radical (unpaired) electrons. The van der Waals surface area contributed by atoms with Gasteiger partial charge in [-0.15, -0.1) is 0 Å². The number of amides is 1. The molecular weight excluding hydrogens is 312 g/mol. The Labute approximate surface area is 132 Å². The number of rotatable bonds is 6. The number of carbonyl (C=O) groups excluding carboxylic acids is 2. The summed E-state index contributed by atoms with van der Waals surface area (Å²) in [6, 6.07) is 3.27. The number of nitro groups is 1. The Morgan fingerprint density at radius 2 is 2.05 bits per heavy atom. The number of esters is 1. The van der Waals surface area contributed by atoms with Gasteiger partial charge in [-0.25, -0.2) is 4.79 Å². The van der Waals surface area contributed by atoms with Gasteiger partial charge in [0.15, 0.2) is 0 Å². The smallest absolute Gasteiger partial charge is 0.328 e. The van der Waals surface area contributed by atoms with E-state index in [9.17, 15) is 19.7 Å². The first-order valence-corrected chi connectivity index (χ1v) is 6.94. The molecule has 0 aliphatic heterocycles. The van der Waals surface area contributed by atoms with Crippen molar-refractivity contribution in [1.82, 2.24) is 5.32 Å². The summed E-state index contributed by atoms with van der Waals surface area (Å²) in [6.07, 6.45) is -0.228. The highest BCUT2D eigenvalue weighted by molar-refractivity contribution is 6.30. The highest BCUT2D eigenvalue weighted by Gasteiger charge is 2.26. The maximum atomic E-state index is 12.0. The van der Waals surface area contributed by atoms with Gasteiger partial charge in [0.05, 0.1) is 18.5 Å². The van der Waals surface area contributed by atoms with Crippen LogP contribution in [0, 0.1) is 16.0 Å². The maximum Gasteiger partial charge on any atom is 0.328 e. The molecule has 1 unspecified atom stereocenters. The quantitative estimate of drug-likeness (QED) is 0.490. The molecule has 0 aromatic heterocycles. The Hall–Kier alpha value is -2.15. The number of hydrogen-bond acceptors (Lipinski definition) is 5. The number of nitro benzene ring substituents is 1. The van der Waals surface area contributed by atoms with E-state index >= 15 is 0 Å². The summed E-state index contributed by atoms with van der Waals surface area (Å²) < 4.78 is 4.62. The minimum Gasteiger partial charge on any atom is -0.467 e. The molecule has 120 valence electrons. The molecule has 8 heteroatoms. The molecule has 1 rings (SSSR count). The van der Waals surface area contributed by atoms with Crippen molar-refractivity contribution in [2.75, 3.05) is 7.11 Å². The molecular formula is C14H17ClN2O5. The van der Waals surface area contributed by atoms with Crippen molar-refractivity contribution in [3.05, 3.63) is 38.9 Å². The third-order valence-corrected chi connectivity index (χ3v) is 3.27. The lowest BCUT2D eigenvalue weighted by Crippen LogP contribution is -2.45. The topological polar surface area (TPSA) is 98.5 Å². The van der Waals surface area contributed by atoms with Gasteiger partial charge < -0.3 is 10.1 Å². The summed E-state index contributed by atoms with van der Waals surface area (Å²) in [4.78, 5) is 34.0. The number of ether oxygens (including phenoxy) is 1. The maximum absolute atomic E-state index is 12.0. The summed E-state index contributed by atoms with van der Waals surface area (Å²) in [6.45, 7) is 3.51. The minimum absolute atomic E-state index is 0.170. The van der Waals surface area contributed by atoms with Gasteiger partial charge in [-0.3, -0.25) is 14.9 Å². The van der Waals surface area contributed by atoms with Crippen LogP contribution in [0.3, 0.4) is 0 Å². The number of nitrogens with zero attached hydrogens (tertiary/aromatic N) is 1. The van der Waals surface area contributed by atoms with Gasteiger partial charge in [-0.1, -0.05) is 31.5 Å². The zero-order valence-corrected chi connectivity index (χ0v) is 13.2. The summed E-state index contributed by atoms with van der Waals surface area (Å²) in [5, 5.41) is 13.7. The molecule has 1 atom stereocenters. The van der Waals surface area contributed by atoms with E-state index in [2.05, 4.69) is 10.1 Å². The van der Waals surface area contributed by atoms with Crippen LogP contribution in [0.15, 0.2) is 18.2 Å². The summed E-state index contributed by atoms with van der Waals surface area (Å²) in [5.41, 5.74) is -0.0129. The molecule has 22 heavy (non-hydrogen) atoms. The van der Waals surface area contributed by atoms with Crippen LogP contribution in [-0.2, 0) is 20.7 Å². The lowest BCUT2D eigenvalue weighted by molar-refractivity contribution is -0.385. The van der Waals surface area contributed by atoms with Crippen molar-refractivity contribution < 1.29 is 19.2 Å². The Morgan fingerprint density at radius 3 is 2.55 bits per heavy atom. The van der Waals surface area contributed by atoms with Crippen molar-refractivity contribution in [1.29, 1.82) is 0 Å². The molecule has 0 saturated carbocycles. The number of carbonyl (C=O) groups is 2. The molecule has 0 saturated heterocycles. The number of nitrogens with one attached hydrogen (secondary N) is 1. The fourth-order valence-corrected chi connectivity index (χ4v) is 2.04. The minimum atomic E-state index is -0.802. The van der Waals surface area contributed by atoms with Gasteiger partial charge in [-0.05, 0) is 12.0 Å². The molecule has 0 fully saturated rings. The Kier molecular flexibility index (Phi) is 6.30. The van der Waals surface area contributed by atoms with Crippen LogP contribution in [0.25, 0.3) is 0 Å². The van der Waals surface area contributed by atoms with Crippen molar-refractivity contribution in [2.45, 2.75) is 26.3 Å². The fourth-order valence-electron chi connectivity index (χ4n) is 1.88. The van der Waals surface area contributed by atoms with Crippen molar-refractivity contribution in [3.8, 4) is 0 Å². The molecule has 1 aromatic carbocycles. The molecule has 1 amide bonds. The third-order valence-electron chi connectivity index (χ3n) is 3.03. The molecule has 1 N–H and O–H groups in total. The van der Waals surface area contributed by atoms with Gasteiger partial charge in [0.25, 0.3) is 5.69 Å². The summed E-state index contributed by atoms with van der Waals surface area (Å²) >= 11 is 5.72. The average Bonchev–Trinajstić information content (AvgIpc) is 2.45. The lowest BCUT2D eigenvalue weighted by Gasteiger charge is -2.19. The summed E-state index contributed by atoms with van der Waals surface area (Å²) in [7, 11) is 1.23. The average molecular weight is 329 g/mol. The van der Waals surface area contributed by atoms with Crippen LogP contribution < -0.4 is 5.32 Å². The van der Waals surface area contributed by atoms with Crippen molar-refractivity contribution in [3.63, 3.8) is 0 Å². The van der Waals surface area contributed by atoms with Gasteiger partial charge in [-0.2, -0.15) is 0 Å². The molecule has 0 aliphatic rings. The predicted molar refractivity (Wildman–Crippen MR) is 80.6 cm³/mol. The largest absolute Gasteiger partial charge is 0.467 e. The van der Waals surface area contributed by atoms with Crippen LogP contribution in [0.2, 0.25) is 5.02 Å². The molecule has 7 nitrogen and oxygen atoms in total. The molecule has 0 aliphatic carbocycles. The van der Waals surface area contributed by atoms with Gasteiger partial charge in [0.2, 0.25) is 5.91 Å². The number of halogens is 1. The second-order valence-corrected chi connectivity index (χ2v) is 5.46. The van der Waals surface area contributed by atoms with E-state index in [4.69, 9.17) is 11.6 Å². The standard InChI is InChI=1S/C14H17ClN2O5/c1-8(2)13(14(19)22-3)16-12(18)6-9-4-5-10(15)7-11(9)17(20)21/h4-5,7-8,13H,6H2,1-3H3,(H,16,18). The van der Waals surface area contributed by atoms with E-state index < -0.39 is 22.8 Å². The highest BCUT2D eigenvalue weighted by atomic mass is 35.5. The normalized spacial score (nSPS) is 11.9. The van der Waals surface area contributed by atoms with E-state index in [1.807, 2.05) is 0 Å². The Bertz CT molecular complexity index is 589. The molecule has 0 heterocycles. The molecule has 0 bridgehead atoms. The van der Waals surface area contributed by atoms with E-state index in [-0.39, 0.29) is 28.6 Å². The molecule has 1 aromatic rings. The number of benzene rings is 1. The number of hydrogen-bond donors (Lipinski definition) is 1. The SMILES string of the molecule is COC(=O)C(NC(=O)Cc1ccc(Cl)cc1[N+](=O)[O-])C(C)C. The van der Waals surface area contributed by atoms with Crippen LogP contribution in [-0.4, -0.2) is 30.0 Å². The van der Waals surface area contributed by atoms with E-state index in [0.29, 0.717) is 0 Å². The van der Waals surface area contributed by atoms with Gasteiger partial charge in [0.1, 0.15) is 6.04 Å². The van der Waals surface area contributed by atoms with E-state index in [0.717, 1.165) is 0 Å². The first-order valence-electron chi connectivity index (χ1n) is 6.56.